The van der Waals surface area contributed by atoms with E-state index in [0.29, 0.717) is 17.6 Å². The number of benzene rings is 1. The minimum Gasteiger partial charge on any atom is -0.389 e. The van der Waals surface area contributed by atoms with Gasteiger partial charge in [-0.25, -0.2) is 0 Å². The summed E-state index contributed by atoms with van der Waals surface area (Å²) in [5.74, 6) is 0. The summed E-state index contributed by atoms with van der Waals surface area (Å²) in [6.07, 6.45) is 1.86. The van der Waals surface area contributed by atoms with Gasteiger partial charge in [-0.2, -0.15) is 0 Å². The molecule has 1 fully saturated rings. The zero-order valence-corrected chi connectivity index (χ0v) is 13.6. The average molecular weight is 307 g/mol. The molecule has 0 aromatic heterocycles. The van der Waals surface area contributed by atoms with Gasteiger partial charge in [0.05, 0.1) is 6.10 Å². The summed E-state index contributed by atoms with van der Waals surface area (Å²) < 4.78 is 0. The van der Waals surface area contributed by atoms with Crippen molar-refractivity contribution in [3.05, 3.63) is 35.4 Å². The maximum atomic E-state index is 10.4. The monoisotopic (exact) mass is 307 g/mol. The maximum Gasteiger partial charge on any atom is 0.103 e. The van der Waals surface area contributed by atoms with Crippen LogP contribution < -0.4 is 5.73 Å². The van der Waals surface area contributed by atoms with E-state index in [-0.39, 0.29) is 0 Å². The van der Waals surface area contributed by atoms with E-state index in [1.165, 1.54) is 12.8 Å². The lowest BCUT2D eigenvalue weighted by Crippen LogP contribution is -2.43. The number of hydrogen-bond donors (Lipinski definition) is 2. The van der Waals surface area contributed by atoms with Gasteiger partial charge in [-0.1, -0.05) is 36.5 Å². The van der Waals surface area contributed by atoms with Crippen LogP contribution in [0.5, 0.6) is 0 Å². The molecule has 1 aliphatic rings. The second kappa shape index (κ2) is 7.31. The van der Waals surface area contributed by atoms with Gasteiger partial charge in [-0.3, -0.25) is 0 Å². The Labute approximate surface area is 132 Å². The van der Waals surface area contributed by atoms with Crippen molar-refractivity contribution in [2.75, 3.05) is 33.7 Å². The van der Waals surface area contributed by atoms with E-state index in [1.54, 1.807) is 0 Å². The topological polar surface area (TPSA) is 52.7 Å². The number of likely N-dealkylation sites (N-methyl/N-ethyl adjacent to an activating group) is 1. The Balaban J connectivity index is 1.91. The predicted octanol–water partition coefficient (Wildman–Crippen LogP) is 1.38. The van der Waals surface area contributed by atoms with Crippen molar-refractivity contribution in [3.63, 3.8) is 0 Å². The van der Waals surface area contributed by atoms with Crippen LogP contribution in [0.3, 0.4) is 0 Å². The second-order valence-electron chi connectivity index (χ2n) is 5.98. The number of likely N-dealkylation sites (tertiary alicyclic amines) is 1. The lowest BCUT2D eigenvalue weighted by atomic mass is 10.0. The van der Waals surface area contributed by atoms with Gasteiger partial charge < -0.3 is 20.6 Å². The lowest BCUT2D eigenvalue weighted by molar-refractivity contribution is 0.0789. The maximum absolute atomic E-state index is 10.4. The molecule has 1 atom stereocenters. The minimum atomic E-state index is -0.477. The highest BCUT2D eigenvalue weighted by Gasteiger charge is 2.22. The van der Waals surface area contributed by atoms with E-state index in [1.807, 2.05) is 24.3 Å². The highest BCUT2D eigenvalue weighted by Crippen LogP contribution is 2.19. The molecule has 0 radical (unpaired) electrons. The fourth-order valence-electron chi connectivity index (χ4n) is 2.83. The zero-order valence-electron chi connectivity index (χ0n) is 12.8. The first-order valence-electron chi connectivity index (χ1n) is 7.44. The molecule has 1 heterocycles. The third-order valence-corrected chi connectivity index (χ3v) is 4.59. The van der Waals surface area contributed by atoms with Crippen LogP contribution in [-0.4, -0.2) is 59.7 Å². The van der Waals surface area contributed by atoms with E-state index in [0.717, 1.165) is 24.2 Å². The lowest BCUT2D eigenvalue weighted by Gasteiger charge is -2.36. The average Bonchev–Trinajstić information content (AvgIpc) is 2.47. The van der Waals surface area contributed by atoms with Crippen molar-refractivity contribution in [3.8, 4) is 0 Å². The van der Waals surface area contributed by atoms with Gasteiger partial charge in [0.1, 0.15) is 4.99 Å². The Hall–Kier alpha value is -1.01. The molecule has 1 aromatic rings. The van der Waals surface area contributed by atoms with Gasteiger partial charge in [0.15, 0.2) is 0 Å². The predicted molar refractivity (Wildman–Crippen MR) is 90.4 cm³/mol. The number of hydrogen-bond acceptors (Lipinski definition) is 4. The van der Waals surface area contributed by atoms with Crippen molar-refractivity contribution in [1.29, 1.82) is 0 Å². The molecular weight excluding hydrogens is 282 g/mol. The summed E-state index contributed by atoms with van der Waals surface area (Å²) in [6.45, 7) is 2.92. The van der Waals surface area contributed by atoms with Gasteiger partial charge in [0.25, 0.3) is 0 Å². The minimum absolute atomic E-state index is 0.388. The van der Waals surface area contributed by atoms with Gasteiger partial charge in [0, 0.05) is 18.2 Å². The number of aliphatic hydroxyl groups is 1. The molecule has 0 bridgehead atoms. The van der Waals surface area contributed by atoms with Crippen LogP contribution >= 0.6 is 12.2 Å². The first kappa shape index (κ1) is 16.4. The van der Waals surface area contributed by atoms with Crippen molar-refractivity contribution < 1.29 is 5.11 Å². The molecule has 2 rings (SSSR count). The summed E-state index contributed by atoms with van der Waals surface area (Å²) in [6, 6.07) is 8.11. The third-order valence-electron chi connectivity index (χ3n) is 4.35. The number of thiocarbonyl (C=S) groups is 1. The number of piperidine rings is 1. The molecule has 3 N–H and O–H groups in total. The standard InChI is InChI=1S/C16H25N3OS/c1-18-9-7-14(8-10-18)19(2)11-15(20)12-3-5-13(6-4-12)16(17)21/h3-6,14-15,20H,7-11H2,1-2H3,(H2,17,21). The van der Waals surface area contributed by atoms with Gasteiger partial charge in [-0.15, -0.1) is 0 Å². The van der Waals surface area contributed by atoms with Gasteiger partial charge in [0.2, 0.25) is 0 Å². The molecule has 0 aliphatic carbocycles. The summed E-state index contributed by atoms with van der Waals surface area (Å²) >= 11 is 4.94. The zero-order chi connectivity index (χ0) is 15.4. The van der Waals surface area contributed by atoms with Crippen molar-refractivity contribution >= 4 is 17.2 Å². The number of nitrogens with zero attached hydrogens (tertiary/aromatic N) is 2. The van der Waals surface area contributed by atoms with E-state index in [9.17, 15) is 5.11 Å². The molecule has 0 spiro atoms. The Kier molecular flexibility index (Phi) is 5.70. The fourth-order valence-corrected chi connectivity index (χ4v) is 2.97. The molecule has 1 aliphatic heterocycles. The molecular formula is C16H25N3OS. The molecule has 0 saturated carbocycles. The number of aliphatic hydroxyl groups excluding tert-OH is 1. The molecule has 116 valence electrons. The molecule has 4 nitrogen and oxygen atoms in total. The Morgan fingerprint density at radius 1 is 1.38 bits per heavy atom. The molecule has 21 heavy (non-hydrogen) atoms. The van der Waals surface area contributed by atoms with Crippen LogP contribution in [0, 0.1) is 0 Å². The molecule has 1 unspecified atom stereocenters. The van der Waals surface area contributed by atoms with Gasteiger partial charge >= 0.3 is 0 Å². The summed E-state index contributed by atoms with van der Waals surface area (Å²) in [7, 11) is 4.26. The SMILES string of the molecule is CN1CCC(N(C)CC(O)c2ccc(C(N)=S)cc2)CC1. The molecule has 1 saturated heterocycles. The third kappa shape index (κ3) is 4.48. The smallest absolute Gasteiger partial charge is 0.103 e. The van der Waals surface area contributed by atoms with Crippen LogP contribution in [0.4, 0.5) is 0 Å². The Bertz CT molecular complexity index is 469. The summed E-state index contributed by atoms with van der Waals surface area (Å²) in [5.41, 5.74) is 7.34. The Morgan fingerprint density at radius 2 is 1.95 bits per heavy atom. The fraction of sp³-hybridized carbons (Fsp3) is 0.562. The van der Waals surface area contributed by atoms with E-state index in [4.69, 9.17) is 18.0 Å². The second-order valence-corrected chi connectivity index (χ2v) is 6.42. The first-order valence-corrected chi connectivity index (χ1v) is 7.85. The normalized spacial score (nSPS) is 18.9. The highest BCUT2D eigenvalue weighted by molar-refractivity contribution is 7.80. The molecule has 5 heteroatoms. The first-order chi connectivity index (χ1) is 9.97. The van der Waals surface area contributed by atoms with E-state index >= 15 is 0 Å². The van der Waals surface area contributed by atoms with Gasteiger partial charge in [-0.05, 0) is 45.6 Å². The van der Waals surface area contributed by atoms with Crippen LogP contribution in [0.15, 0.2) is 24.3 Å². The van der Waals surface area contributed by atoms with Crippen LogP contribution in [-0.2, 0) is 0 Å². The van der Waals surface area contributed by atoms with Crippen molar-refractivity contribution in [2.45, 2.75) is 25.0 Å². The van der Waals surface area contributed by atoms with Crippen LogP contribution in [0.2, 0.25) is 0 Å². The quantitative estimate of drug-likeness (QED) is 0.805. The summed E-state index contributed by atoms with van der Waals surface area (Å²) in [4.78, 5) is 5.02. The van der Waals surface area contributed by atoms with Crippen LogP contribution in [0.25, 0.3) is 0 Å². The highest BCUT2D eigenvalue weighted by atomic mass is 32.1. The molecule has 1 aromatic carbocycles. The van der Waals surface area contributed by atoms with Crippen LogP contribution in [0.1, 0.15) is 30.1 Å². The Morgan fingerprint density at radius 3 is 2.48 bits per heavy atom. The number of nitrogens with two attached hydrogens (primary N) is 1. The molecule has 0 amide bonds. The van der Waals surface area contributed by atoms with E-state index < -0.39 is 6.10 Å². The largest absolute Gasteiger partial charge is 0.389 e. The van der Waals surface area contributed by atoms with E-state index in [2.05, 4.69) is 23.9 Å². The summed E-state index contributed by atoms with van der Waals surface area (Å²) in [5, 5.41) is 10.4. The van der Waals surface area contributed by atoms with Crippen molar-refractivity contribution in [1.82, 2.24) is 9.80 Å². The van der Waals surface area contributed by atoms with Crippen molar-refractivity contribution in [2.24, 2.45) is 5.73 Å². The number of rotatable bonds is 5.